The lowest BCUT2D eigenvalue weighted by Gasteiger charge is -2.37. The maximum absolute atomic E-state index is 13.8. The Balaban J connectivity index is 2.27. The van der Waals surface area contributed by atoms with Gasteiger partial charge in [-0.1, -0.05) is 0 Å². The largest absolute Gasteiger partial charge is 0.390 e. The second-order valence-electron chi connectivity index (χ2n) is 4.93. The molecule has 3 nitrogen and oxygen atoms in total. The van der Waals surface area contributed by atoms with Crippen molar-refractivity contribution in [3.8, 4) is 0 Å². The van der Waals surface area contributed by atoms with Crippen LogP contribution in [0.2, 0.25) is 0 Å². The first-order valence-corrected chi connectivity index (χ1v) is 5.84. The molecule has 1 N–H and O–H groups in total. The average Bonchev–Trinajstić information content (AvgIpc) is 2.30. The summed E-state index contributed by atoms with van der Waals surface area (Å²) >= 11 is 0. The lowest BCUT2D eigenvalue weighted by molar-refractivity contribution is 0.0349. The summed E-state index contributed by atoms with van der Waals surface area (Å²) in [6, 6.07) is 2.05. The first-order chi connectivity index (χ1) is 8.43. The lowest BCUT2D eigenvalue weighted by atomic mass is 9.93. The molecule has 5 heteroatoms. The Morgan fingerprint density at radius 1 is 1.28 bits per heavy atom. The fourth-order valence-corrected chi connectivity index (χ4v) is 2.17. The number of nitrogens with zero attached hydrogens (tertiary/aromatic N) is 1. The molecule has 0 radical (unpaired) electrons. The van der Waals surface area contributed by atoms with E-state index in [1.54, 1.807) is 11.8 Å². The monoisotopic (exact) mass is 255 g/mol. The maximum Gasteiger partial charge on any atom is 0.150 e. The Labute approximate surface area is 104 Å². The Hall–Kier alpha value is -1.49. The van der Waals surface area contributed by atoms with Crippen molar-refractivity contribution in [3.05, 3.63) is 29.3 Å². The van der Waals surface area contributed by atoms with E-state index in [2.05, 4.69) is 0 Å². The standard InChI is InChI=1S/C13H15F2NO2/c1-13(18)2-4-16(5-3-13)12-10(14)6-9(8-17)7-11(12)15/h6-8,18H,2-5H2,1H3. The lowest BCUT2D eigenvalue weighted by Crippen LogP contribution is -2.43. The Morgan fingerprint density at radius 2 is 1.78 bits per heavy atom. The minimum absolute atomic E-state index is 0.0160. The van der Waals surface area contributed by atoms with E-state index < -0.39 is 17.2 Å². The van der Waals surface area contributed by atoms with E-state index in [1.807, 2.05) is 0 Å². The molecule has 0 aromatic heterocycles. The summed E-state index contributed by atoms with van der Waals surface area (Å²) in [5.41, 5.74) is -0.902. The van der Waals surface area contributed by atoms with Gasteiger partial charge >= 0.3 is 0 Å². The minimum atomic E-state index is -0.772. The molecular formula is C13H15F2NO2. The van der Waals surface area contributed by atoms with Crippen molar-refractivity contribution in [1.82, 2.24) is 0 Å². The van der Waals surface area contributed by atoms with Crippen molar-refractivity contribution in [2.75, 3.05) is 18.0 Å². The van der Waals surface area contributed by atoms with Gasteiger partial charge in [0.05, 0.1) is 5.60 Å². The van der Waals surface area contributed by atoms with Gasteiger partial charge in [-0.05, 0) is 31.9 Å². The first kappa shape index (κ1) is 13.0. The highest BCUT2D eigenvalue weighted by atomic mass is 19.1. The number of hydrogen-bond donors (Lipinski definition) is 1. The summed E-state index contributed by atoms with van der Waals surface area (Å²) < 4.78 is 27.5. The fraction of sp³-hybridized carbons (Fsp3) is 0.462. The number of hydrogen-bond acceptors (Lipinski definition) is 3. The van der Waals surface area contributed by atoms with E-state index >= 15 is 0 Å². The molecule has 1 heterocycles. The van der Waals surface area contributed by atoms with Gasteiger partial charge in [-0.15, -0.1) is 0 Å². The zero-order valence-electron chi connectivity index (χ0n) is 10.1. The van der Waals surface area contributed by atoms with E-state index in [-0.39, 0.29) is 11.3 Å². The highest BCUT2D eigenvalue weighted by Gasteiger charge is 2.29. The Kier molecular flexibility index (Phi) is 3.34. The van der Waals surface area contributed by atoms with Gasteiger partial charge in [0.2, 0.25) is 0 Å². The quantitative estimate of drug-likeness (QED) is 0.823. The molecule has 18 heavy (non-hydrogen) atoms. The van der Waals surface area contributed by atoms with Crippen LogP contribution in [0, 0.1) is 11.6 Å². The molecular weight excluding hydrogens is 240 g/mol. The summed E-state index contributed by atoms with van der Waals surface area (Å²) in [5, 5.41) is 9.80. The zero-order valence-corrected chi connectivity index (χ0v) is 10.1. The molecule has 1 aromatic carbocycles. The number of piperidine rings is 1. The van der Waals surface area contributed by atoms with Crippen molar-refractivity contribution in [1.29, 1.82) is 0 Å². The first-order valence-electron chi connectivity index (χ1n) is 5.84. The van der Waals surface area contributed by atoms with Crippen LogP contribution in [0.4, 0.5) is 14.5 Å². The smallest absolute Gasteiger partial charge is 0.150 e. The van der Waals surface area contributed by atoms with Crippen LogP contribution >= 0.6 is 0 Å². The van der Waals surface area contributed by atoms with Gasteiger partial charge in [0, 0.05) is 18.7 Å². The second kappa shape index (κ2) is 4.65. The molecule has 0 unspecified atom stereocenters. The van der Waals surface area contributed by atoms with E-state index in [9.17, 15) is 18.7 Å². The molecule has 98 valence electrons. The second-order valence-corrected chi connectivity index (χ2v) is 4.93. The van der Waals surface area contributed by atoms with E-state index in [4.69, 9.17) is 0 Å². The van der Waals surface area contributed by atoms with Crippen LogP contribution in [-0.4, -0.2) is 30.1 Å². The van der Waals surface area contributed by atoms with Gasteiger partial charge in [0.25, 0.3) is 0 Å². The fourth-order valence-electron chi connectivity index (χ4n) is 2.17. The van der Waals surface area contributed by atoms with Crippen molar-refractivity contribution < 1.29 is 18.7 Å². The van der Waals surface area contributed by atoms with Gasteiger partial charge < -0.3 is 10.0 Å². The number of carbonyl (C=O) groups is 1. The summed E-state index contributed by atoms with van der Waals surface area (Å²) in [7, 11) is 0. The van der Waals surface area contributed by atoms with Gasteiger partial charge in [-0.2, -0.15) is 0 Å². The number of aliphatic hydroxyl groups is 1. The summed E-state index contributed by atoms with van der Waals surface area (Å²) in [6.07, 6.45) is 1.33. The highest BCUT2D eigenvalue weighted by Crippen LogP contribution is 2.30. The topological polar surface area (TPSA) is 40.5 Å². The van der Waals surface area contributed by atoms with Gasteiger partial charge in [-0.25, -0.2) is 8.78 Å². The molecule has 1 saturated heterocycles. The molecule has 1 fully saturated rings. The molecule has 0 saturated carbocycles. The zero-order chi connectivity index (χ0) is 13.3. The van der Waals surface area contributed by atoms with Crippen molar-refractivity contribution in [3.63, 3.8) is 0 Å². The predicted octanol–water partition coefficient (Wildman–Crippen LogP) is 2.13. The normalized spacial score (nSPS) is 18.8. The summed E-state index contributed by atoms with van der Waals surface area (Å²) in [6.45, 7) is 2.50. The van der Waals surface area contributed by atoms with Crippen molar-refractivity contribution in [2.24, 2.45) is 0 Å². The van der Waals surface area contributed by atoms with Crippen molar-refractivity contribution in [2.45, 2.75) is 25.4 Å². The summed E-state index contributed by atoms with van der Waals surface area (Å²) in [5.74, 6) is -1.47. The van der Waals surface area contributed by atoms with Crippen LogP contribution in [0.3, 0.4) is 0 Å². The molecule has 2 rings (SSSR count). The third-order valence-corrected chi connectivity index (χ3v) is 3.33. The molecule has 1 aliphatic rings. The number of aldehydes is 1. The van der Waals surface area contributed by atoms with Crippen LogP contribution in [0.15, 0.2) is 12.1 Å². The van der Waals surface area contributed by atoms with Crippen LogP contribution in [0.25, 0.3) is 0 Å². The summed E-state index contributed by atoms with van der Waals surface area (Å²) in [4.78, 5) is 12.1. The number of halogens is 2. The highest BCUT2D eigenvalue weighted by molar-refractivity contribution is 5.76. The number of rotatable bonds is 2. The van der Waals surface area contributed by atoms with Gasteiger partial charge in [0.15, 0.2) is 0 Å². The molecule has 1 aliphatic heterocycles. The maximum atomic E-state index is 13.8. The third kappa shape index (κ3) is 2.51. The van der Waals surface area contributed by atoms with Gasteiger partial charge in [-0.3, -0.25) is 4.79 Å². The van der Waals surface area contributed by atoms with Crippen LogP contribution in [0.5, 0.6) is 0 Å². The van der Waals surface area contributed by atoms with Crippen molar-refractivity contribution >= 4 is 12.0 Å². The average molecular weight is 255 g/mol. The number of benzene rings is 1. The Bertz CT molecular complexity index is 441. The van der Waals surface area contributed by atoms with Gasteiger partial charge in [0.1, 0.15) is 23.6 Å². The third-order valence-electron chi connectivity index (χ3n) is 3.33. The predicted molar refractivity (Wildman–Crippen MR) is 63.8 cm³/mol. The molecule has 0 bridgehead atoms. The van der Waals surface area contributed by atoms with E-state index in [0.29, 0.717) is 32.2 Å². The molecule has 0 atom stereocenters. The molecule has 0 spiro atoms. The number of carbonyl (C=O) groups excluding carboxylic acids is 1. The SMILES string of the molecule is CC1(O)CCN(c2c(F)cc(C=O)cc2F)CC1. The van der Waals surface area contributed by atoms with Crippen LogP contribution in [-0.2, 0) is 0 Å². The van der Waals surface area contributed by atoms with Crippen LogP contribution < -0.4 is 4.90 Å². The van der Waals surface area contributed by atoms with Crippen LogP contribution in [0.1, 0.15) is 30.1 Å². The molecule has 1 aromatic rings. The molecule has 0 aliphatic carbocycles. The van der Waals surface area contributed by atoms with E-state index in [0.717, 1.165) is 12.1 Å². The Morgan fingerprint density at radius 3 is 2.22 bits per heavy atom. The number of anilines is 1. The minimum Gasteiger partial charge on any atom is -0.390 e. The molecule has 0 amide bonds. The van der Waals surface area contributed by atoms with E-state index in [1.165, 1.54) is 0 Å².